The van der Waals surface area contributed by atoms with Gasteiger partial charge in [0.05, 0.1) is 18.7 Å². The molecule has 0 atom stereocenters. The SMILES string of the molecule is CCOC(=O)Cc1nc(N)c(O)cc1C(F)F. The lowest BCUT2D eigenvalue weighted by Gasteiger charge is -2.09. The molecule has 0 saturated carbocycles. The smallest absolute Gasteiger partial charge is 0.311 e. The van der Waals surface area contributed by atoms with Crippen molar-refractivity contribution in [2.24, 2.45) is 0 Å². The lowest BCUT2D eigenvalue weighted by molar-refractivity contribution is -0.142. The maximum absolute atomic E-state index is 12.6. The first-order valence-corrected chi connectivity index (χ1v) is 4.87. The van der Waals surface area contributed by atoms with E-state index in [0.717, 1.165) is 6.07 Å². The molecule has 0 aliphatic rings. The maximum atomic E-state index is 12.6. The van der Waals surface area contributed by atoms with E-state index in [0.29, 0.717) is 0 Å². The van der Waals surface area contributed by atoms with Crippen LogP contribution in [-0.2, 0) is 16.0 Å². The van der Waals surface area contributed by atoms with Crippen LogP contribution in [0.4, 0.5) is 14.6 Å². The minimum Gasteiger partial charge on any atom is -0.504 e. The second kappa shape index (κ2) is 5.42. The Bertz CT molecular complexity index is 424. The molecule has 0 saturated heterocycles. The lowest BCUT2D eigenvalue weighted by Crippen LogP contribution is -2.12. The minimum atomic E-state index is -2.85. The summed E-state index contributed by atoms with van der Waals surface area (Å²) >= 11 is 0. The monoisotopic (exact) mass is 246 g/mol. The van der Waals surface area contributed by atoms with Crippen molar-refractivity contribution in [2.75, 3.05) is 12.3 Å². The quantitative estimate of drug-likeness (QED) is 0.784. The van der Waals surface area contributed by atoms with Gasteiger partial charge in [0.25, 0.3) is 6.43 Å². The molecule has 0 aliphatic heterocycles. The number of halogens is 2. The Labute approximate surface area is 96.2 Å². The third-order valence-electron chi connectivity index (χ3n) is 2.00. The molecule has 1 aromatic rings. The van der Waals surface area contributed by atoms with Crippen molar-refractivity contribution in [1.29, 1.82) is 0 Å². The highest BCUT2D eigenvalue weighted by molar-refractivity contribution is 5.73. The van der Waals surface area contributed by atoms with Crippen LogP contribution in [0.1, 0.15) is 24.6 Å². The summed E-state index contributed by atoms with van der Waals surface area (Å²) < 4.78 is 29.9. The van der Waals surface area contributed by atoms with E-state index in [1.165, 1.54) is 0 Å². The molecule has 0 radical (unpaired) electrons. The van der Waals surface area contributed by atoms with Gasteiger partial charge in [-0.2, -0.15) is 0 Å². The van der Waals surface area contributed by atoms with E-state index < -0.39 is 30.1 Å². The topological polar surface area (TPSA) is 85.4 Å². The van der Waals surface area contributed by atoms with Crippen LogP contribution in [0.25, 0.3) is 0 Å². The van der Waals surface area contributed by atoms with Crippen molar-refractivity contribution >= 4 is 11.8 Å². The zero-order chi connectivity index (χ0) is 13.0. The molecule has 1 heterocycles. The van der Waals surface area contributed by atoms with Crippen LogP contribution in [0.5, 0.6) is 5.75 Å². The fourth-order valence-corrected chi connectivity index (χ4v) is 1.25. The zero-order valence-electron chi connectivity index (χ0n) is 9.11. The molecule has 0 spiro atoms. The highest BCUT2D eigenvalue weighted by atomic mass is 19.3. The molecule has 94 valence electrons. The van der Waals surface area contributed by atoms with Gasteiger partial charge < -0.3 is 15.6 Å². The van der Waals surface area contributed by atoms with Crippen molar-refractivity contribution in [3.8, 4) is 5.75 Å². The first kappa shape index (κ1) is 13.1. The van der Waals surface area contributed by atoms with Crippen LogP contribution >= 0.6 is 0 Å². The molecule has 1 rings (SSSR count). The number of pyridine rings is 1. The molecule has 1 aromatic heterocycles. The molecule has 0 aliphatic carbocycles. The second-order valence-electron chi connectivity index (χ2n) is 3.21. The summed E-state index contributed by atoms with van der Waals surface area (Å²) in [5.41, 5.74) is 4.57. The van der Waals surface area contributed by atoms with Gasteiger partial charge in [0, 0.05) is 5.56 Å². The standard InChI is InChI=1S/C10H12F2N2O3/c1-2-17-8(16)4-6-5(9(11)12)3-7(15)10(13)14-6/h3,9,15H,2,4H2,1H3,(H2,13,14). The molecule has 0 bridgehead atoms. The van der Waals surface area contributed by atoms with Gasteiger partial charge in [0.1, 0.15) is 0 Å². The maximum Gasteiger partial charge on any atom is 0.311 e. The average molecular weight is 246 g/mol. The van der Waals surface area contributed by atoms with E-state index in [9.17, 15) is 18.7 Å². The highest BCUT2D eigenvalue weighted by Crippen LogP contribution is 2.29. The summed E-state index contributed by atoms with van der Waals surface area (Å²) in [6, 6.07) is 0.807. The summed E-state index contributed by atoms with van der Waals surface area (Å²) in [6.07, 6.45) is -3.25. The van der Waals surface area contributed by atoms with Gasteiger partial charge in [-0.1, -0.05) is 0 Å². The molecule has 17 heavy (non-hydrogen) atoms. The van der Waals surface area contributed by atoms with E-state index >= 15 is 0 Å². The minimum absolute atomic E-state index is 0.149. The van der Waals surface area contributed by atoms with E-state index in [1.807, 2.05) is 0 Å². The van der Waals surface area contributed by atoms with Crippen LogP contribution in [0, 0.1) is 0 Å². The Balaban J connectivity index is 3.04. The fourth-order valence-electron chi connectivity index (χ4n) is 1.25. The van der Waals surface area contributed by atoms with Crippen LogP contribution in [-0.4, -0.2) is 22.7 Å². The lowest BCUT2D eigenvalue weighted by atomic mass is 10.1. The molecule has 0 unspecified atom stereocenters. The normalized spacial score (nSPS) is 10.6. The average Bonchev–Trinajstić information content (AvgIpc) is 2.23. The summed E-state index contributed by atoms with van der Waals surface area (Å²) in [6.45, 7) is 1.75. The van der Waals surface area contributed by atoms with Gasteiger partial charge in [-0.3, -0.25) is 4.79 Å². The van der Waals surface area contributed by atoms with E-state index in [2.05, 4.69) is 9.72 Å². The molecular weight excluding hydrogens is 234 g/mol. The molecule has 3 N–H and O–H groups in total. The Morgan fingerprint density at radius 1 is 1.65 bits per heavy atom. The number of rotatable bonds is 4. The van der Waals surface area contributed by atoms with Crippen molar-refractivity contribution in [2.45, 2.75) is 19.8 Å². The number of aromatic hydroxyl groups is 1. The van der Waals surface area contributed by atoms with Gasteiger partial charge in [-0.15, -0.1) is 0 Å². The largest absolute Gasteiger partial charge is 0.504 e. The number of carbonyl (C=O) groups is 1. The number of aromatic nitrogens is 1. The van der Waals surface area contributed by atoms with Crippen LogP contribution in [0.2, 0.25) is 0 Å². The van der Waals surface area contributed by atoms with Crippen LogP contribution < -0.4 is 5.73 Å². The zero-order valence-corrected chi connectivity index (χ0v) is 9.11. The Morgan fingerprint density at radius 3 is 2.82 bits per heavy atom. The molecule has 0 amide bonds. The number of nitrogens with two attached hydrogens (primary N) is 1. The summed E-state index contributed by atoms with van der Waals surface area (Å²) in [5, 5.41) is 9.17. The first-order chi connectivity index (χ1) is 7.95. The summed E-state index contributed by atoms with van der Waals surface area (Å²) in [7, 11) is 0. The number of carbonyl (C=O) groups excluding carboxylic acids is 1. The summed E-state index contributed by atoms with van der Waals surface area (Å²) in [5.74, 6) is -1.51. The third kappa shape index (κ3) is 3.27. The van der Waals surface area contributed by atoms with Crippen LogP contribution in [0.3, 0.4) is 0 Å². The predicted molar refractivity (Wildman–Crippen MR) is 55.6 cm³/mol. The number of anilines is 1. The van der Waals surface area contributed by atoms with Gasteiger partial charge in [-0.25, -0.2) is 13.8 Å². The molecular formula is C10H12F2N2O3. The molecule has 7 heteroatoms. The number of nitrogen functional groups attached to an aromatic ring is 1. The third-order valence-corrected chi connectivity index (χ3v) is 2.00. The number of alkyl halides is 2. The predicted octanol–water partition coefficient (Wildman–Crippen LogP) is 1.41. The summed E-state index contributed by atoms with van der Waals surface area (Å²) in [4.78, 5) is 14.7. The molecule has 0 aromatic carbocycles. The number of ether oxygens (including phenoxy) is 1. The number of nitrogens with zero attached hydrogens (tertiary/aromatic N) is 1. The van der Waals surface area contributed by atoms with Gasteiger partial charge in [-0.05, 0) is 13.0 Å². The van der Waals surface area contributed by atoms with Crippen molar-refractivity contribution in [1.82, 2.24) is 4.98 Å². The fraction of sp³-hybridized carbons (Fsp3) is 0.400. The van der Waals surface area contributed by atoms with E-state index in [4.69, 9.17) is 5.73 Å². The van der Waals surface area contributed by atoms with Crippen molar-refractivity contribution in [3.05, 3.63) is 17.3 Å². The number of hydrogen-bond donors (Lipinski definition) is 2. The van der Waals surface area contributed by atoms with Crippen molar-refractivity contribution < 1.29 is 23.4 Å². The second-order valence-corrected chi connectivity index (χ2v) is 3.21. The van der Waals surface area contributed by atoms with Crippen molar-refractivity contribution in [3.63, 3.8) is 0 Å². The first-order valence-electron chi connectivity index (χ1n) is 4.87. The molecule has 0 fully saturated rings. The van der Waals surface area contributed by atoms with E-state index in [1.54, 1.807) is 6.92 Å². The highest BCUT2D eigenvalue weighted by Gasteiger charge is 2.19. The number of hydrogen-bond acceptors (Lipinski definition) is 5. The van der Waals surface area contributed by atoms with Gasteiger partial charge >= 0.3 is 5.97 Å². The molecule has 5 nitrogen and oxygen atoms in total. The van der Waals surface area contributed by atoms with Gasteiger partial charge in [0.15, 0.2) is 11.6 Å². The Morgan fingerprint density at radius 2 is 2.29 bits per heavy atom. The van der Waals surface area contributed by atoms with Crippen LogP contribution in [0.15, 0.2) is 6.07 Å². The number of esters is 1. The Hall–Kier alpha value is -1.92. The van der Waals surface area contributed by atoms with E-state index in [-0.39, 0.29) is 18.1 Å². The van der Waals surface area contributed by atoms with Gasteiger partial charge in [0.2, 0.25) is 0 Å². The Kier molecular flexibility index (Phi) is 4.19.